The van der Waals surface area contributed by atoms with Crippen LogP contribution in [-0.4, -0.2) is 62.2 Å². The number of aliphatic hydroxyl groups is 5. The van der Waals surface area contributed by atoms with Crippen molar-refractivity contribution in [1.29, 1.82) is 0 Å². The Morgan fingerprint density at radius 3 is 1.70 bits per heavy atom. The molecule has 0 radical (unpaired) electrons. The van der Waals surface area contributed by atoms with Gasteiger partial charge in [0.25, 0.3) is 0 Å². The average Bonchev–Trinajstić information content (AvgIpc) is 3.63. The summed E-state index contributed by atoms with van der Waals surface area (Å²) in [5.74, 6) is -9.84. The van der Waals surface area contributed by atoms with E-state index in [9.17, 15) is 51.1 Å². The number of allylic oxidation sites excluding steroid dienone is 1. The van der Waals surface area contributed by atoms with Crippen LogP contribution in [0.5, 0.6) is 28.7 Å². The predicted octanol–water partition coefficient (Wildman–Crippen LogP) is 10.8. The van der Waals surface area contributed by atoms with Gasteiger partial charge in [0.2, 0.25) is 28.8 Å². The Balaban J connectivity index is 1.41. The molecule has 0 amide bonds. The second kappa shape index (κ2) is 15.7. The van der Waals surface area contributed by atoms with Crippen molar-refractivity contribution in [1.82, 2.24) is 4.57 Å². The van der Waals surface area contributed by atoms with Gasteiger partial charge in [0.05, 0.1) is 22.3 Å². The smallest absolute Gasteiger partial charge is 0.208 e. The first-order valence-corrected chi connectivity index (χ1v) is 18.8. The van der Waals surface area contributed by atoms with Crippen molar-refractivity contribution in [2.45, 2.75) is 0 Å². The maximum Gasteiger partial charge on any atom is 0.208 e. The van der Waals surface area contributed by atoms with Gasteiger partial charge in [-0.15, -0.1) is 0 Å². The molecule has 0 saturated heterocycles. The highest BCUT2D eigenvalue weighted by Gasteiger charge is 2.27. The molecule has 8 aromatic rings. The first-order chi connectivity index (χ1) is 29.4. The van der Waals surface area contributed by atoms with Crippen LogP contribution in [0.3, 0.4) is 0 Å². The number of fused-ring (bicyclic) bond motifs is 3. The van der Waals surface area contributed by atoms with E-state index in [1.165, 1.54) is 12.1 Å². The van der Waals surface area contributed by atoms with Gasteiger partial charge in [-0.25, -0.2) is 0 Å². The van der Waals surface area contributed by atoms with Gasteiger partial charge in [0.1, 0.15) is 6.61 Å². The minimum absolute atomic E-state index is 0.0208. The lowest BCUT2D eigenvalue weighted by molar-refractivity contribution is 0.213. The highest BCUT2D eigenvalue weighted by molar-refractivity contribution is 6.11. The molecule has 0 unspecified atom stereocenters. The number of hydrogen-bond donors (Lipinski definition) is 10. The van der Waals surface area contributed by atoms with Gasteiger partial charge in [0, 0.05) is 39.0 Å². The first-order valence-electron chi connectivity index (χ1n) is 18.8. The molecule has 7 aromatic carbocycles. The highest BCUT2D eigenvalue weighted by Crippen LogP contribution is 2.55. The normalized spacial score (nSPS) is 12.3. The zero-order valence-corrected chi connectivity index (χ0v) is 32.1. The number of aromatic hydroxyl groups is 5. The summed E-state index contributed by atoms with van der Waals surface area (Å²) in [5, 5.41) is 106. The van der Waals surface area contributed by atoms with Crippen LogP contribution >= 0.6 is 0 Å². The van der Waals surface area contributed by atoms with E-state index in [0.29, 0.717) is 16.7 Å². The van der Waals surface area contributed by atoms with E-state index in [4.69, 9.17) is 0 Å². The van der Waals surface area contributed by atoms with Gasteiger partial charge >= 0.3 is 0 Å². The molecule has 8 rings (SSSR count). The quantitative estimate of drug-likeness (QED) is 0.0272. The Hall–Kier alpha value is -8.48. The lowest BCUT2D eigenvalue weighted by atomic mass is 9.95. The number of benzene rings is 7. The summed E-state index contributed by atoms with van der Waals surface area (Å²) in [6.45, 7) is 2.84. The lowest BCUT2D eigenvalue weighted by Gasteiger charge is -2.27. The summed E-state index contributed by atoms with van der Waals surface area (Å²) in [6.07, 6.45) is 0. The van der Waals surface area contributed by atoms with Crippen LogP contribution in [0.1, 0.15) is 5.56 Å². The fourth-order valence-electron chi connectivity index (χ4n) is 7.53. The van der Waals surface area contributed by atoms with Crippen molar-refractivity contribution in [2.24, 2.45) is 0 Å². The zero-order valence-electron chi connectivity index (χ0n) is 32.1. The van der Waals surface area contributed by atoms with Crippen LogP contribution < -0.4 is 4.90 Å². The van der Waals surface area contributed by atoms with Gasteiger partial charge in [0.15, 0.2) is 23.0 Å². The molecule has 12 heteroatoms. The Labute approximate surface area is 348 Å². The van der Waals surface area contributed by atoms with Crippen molar-refractivity contribution in [3.05, 3.63) is 181 Å². The van der Waals surface area contributed by atoms with Gasteiger partial charge < -0.3 is 60.5 Å². The molecule has 0 atom stereocenters. The van der Waals surface area contributed by atoms with Crippen LogP contribution in [0.2, 0.25) is 0 Å². The third-order valence-corrected chi connectivity index (χ3v) is 10.5. The number of para-hydroxylation sites is 4. The molecule has 61 heavy (non-hydrogen) atoms. The molecule has 0 aliphatic carbocycles. The maximum atomic E-state index is 11.1. The third kappa shape index (κ3) is 6.78. The van der Waals surface area contributed by atoms with E-state index in [1.54, 1.807) is 6.07 Å². The Morgan fingerprint density at radius 1 is 0.508 bits per heavy atom. The number of nitrogens with zero attached hydrogens (tertiary/aromatic N) is 2. The summed E-state index contributed by atoms with van der Waals surface area (Å²) >= 11 is 0. The number of rotatable bonds is 10. The topological polar surface area (TPSA) is 210 Å². The van der Waals surface area contributed by atoms with Crippen molar-refractivity contribution < 1.29 is 51.1 Å². The van der Waals surface area contributed by atoms with Crippen molar-refractivity contribution in [2.75, 3.05) is 11.5 Å². The van der Waals surface area contributed by atoms with Crippen LogP contribution in [-0.2, 0) is 0 Å². The summed E-state index contributed by atoms with van der Waals surface area (Å²) in [7, 11) is 0. The molecule has 1 aromatic heterocycles. The first kappa shape index (κ1) is 39.4. The van der Waals surface area contributed by atoms with Crippen LogP contribution in [0.25, 0.3) is 55.3 Å². The maximum absolute atomic E-state index is 11.1. The summed E-state index contributed by atoms with van der Waals surface area (Å²) in [5.41, 5.74) is 5.35. The van der Waals surface area contributed by atoms with Crippen LogP contribution in [0.4, 0.5) is 17.1 Å². The lowest BCUT2D eigenvalue weighted by Crippen LogP contribution is -2.10. The van der Waals surface area contributed by atoms with E-state index in [1.807, 2.05) is 132 Å². The van der Waals surface area contributed by atoms with Gasteiger partial charge in [-0.3, -0.25) is 0 Å². The Morgan fingerprint density at radius 2 is 1.07 bits per heavy atom. The second-order valence-corrected chi connectivity index (χ2v) is 14.1. The molecule has 0 aliphatic heterocycles. The molecular formula is C49H38N2O10. The predicted molar refractivity (Wildman–Crippen MR) is 235 cm³/mol. The van der Waals surface area contributed by atoms with Gasteiger partial charge in [-0.05, 0) is 77.4 Å². The number of phenols is 5. The molecule has 0 fully saturated rings. The number of hydrogen-bond acceptors (Lipinski definition) is 11. The molecule has 1 heterocycles. The van der Waals surface area contributed by atoms with E-state index >= 15 is 0 Å². The Bertz CT molecular complexity index is 3010. The molecule has 10 N–H and O–H groups in total. The van der Waals surface area contributed by atoms with Crippen LogP contribution in [0.15, 0.2) is 175 Å². The third-order valence-electron chi connectivity index (χ3n) is 10.5. The second-order valence-electron chi connectivity index (χ2n) is 14.1. The van der Waals surface area contributed by atoms with E-state index < -0.39 is 64.0 Å². The molecule has 304 valence electrons. The number of phenolic OH excluding ortho intramolecular Hbond substituents is 5. The SMILES string of the molecule is C=C(/C(O)=C(O)\C(O)=C(\O)CO)c1cc(-c2c(O)c(O)c(O)c(O)c2O)cc(-n2c3ccccc3c3ccc(-c4ccccc4N(c4ccccc4)c4ccccc4)cc32)c1. The summed E-state index contributed by atoms with van der Waals surface area (Å²) in [4.78, 5) is 2.17. The number of aliphatic hydroxyl groups excluding tert-OH is 5. The summed E-state index contributed by atoms with van der Waals surface area (Å²) in [6, 6.07) is 46.0. The molecule has 12 nitrogen and oxygen atoms in total. The van der Waals surface area contributed by atoms with E-state index in [0.717, 1.165) is 39.0 Å². The highest BCUT2D eigenvalue weighted by atomic mass is 16.4. The van der Waals surface area contributed by atoms with Crippen molar-refractivity contribution in [3.63, 3.8) is 0 Å². The molecule has 0 spiro atoms. The molecule has 0 saturated carbocycles. The largest absolute Gasteiger partial charge is 0.506 e. The minimum atomic E-state index is -1.21. The van der Waals surface area contributed by atoms with E-state index in [2.05, 4.69) is 11.5 Å². The van der Waals surface area contributed by atoms with E-state index in [-0.39, 0.29) is 16.7 Å². The summed E-state index contributed by atoms with van der Waals surface area (Å²) < 4.78 is 1.88. The molecular weight excluding hydrogens is 777 g/mol. The average molecular weight is 815 g/mol. The monoisotopic (exact) mass is 814 g/mol. The van der Waals surface area contributed by atoms with Gasteiger partial charge in [-0.1, -0.05) is 91.5 Å². The minimum Gasteiger partial charge on any atom is -0.506 e. The van der Waals surface area contributed by atoms with Gasteiger partial charge in [-0.2, -0.15) is 0 Å². The molecule has 0 bridgehead atoms. The Kier molecular flexibility index (Phi) is 10.1. The fourth-order valence-corrected chi connectivity index (χ4v) is 7.53. The molecule has 0 aliphatic rings. The number of anilines is 3. The standard InChI is InChI=1S/C49H38N2O10/c1-27(42(54)46(58)43(55)40(53)26-52)29-22-30(41-44(56)47(59)49(61)48(60)45(41)57)24-33(23-29)51-38-19-11-9-17-35(38)36-21-20-28(25-39(36)51)34-16-8-10-18-37(34)50(31-12-4-2-5-13-31)32-14-6-3-7-15-32/h2-25,52-61H,1,26H2/b43-40-,46-42-. The zero-order chi connectivity index (χ0) is 43.1. The number of aromatic nitrogens is 1. The van der Waals surface area contributed by atoms with Crippen molar-refractivity contribution >= 4 is 44.4 Å². The fraction of sp³-hybridized carbons (Fsp3) is 0.0204. The van der Waals surface area contributed by atoms with Crippen molar-refractivity contribution in [3.8, 4) is 56.7 Å². The van der Waals surface area contributed by atoms with Crippen LogP contribution in [0, 0.1) is 0 Å².